The average Bonchev–Trinajstić information content (AvgIpc) is 3.13. The van der Waals surface area contributed by atoms with Crippen LogP contribution >= 0.6 is 0 Å². The van der Waals surface area contributed by atoms with Crippen molar-refractivity contribution in [2.75, 3.05) is 13.1 Å². The molecular weight excluding hydrogens is 662 g/mol. The molecule has 1 unspecified atom stereocenters. The minimum Gasteiger partial charge on any atom is -0.548 e. The Labute approximate surface area is 372 Å². The Balaban J connectivity index is 0. The molecule has 0 saturated heterocycles. The number of unbranched alkanes of at least 4 members (excludes halogenated alkanes) is 38. The molecule has 0 aromatic rings. The molecular formula is C48H96KNO2. The van der Waals surface area contributed by atoms with Gasteiger partial charge in [-0.05, 0) is 32.4 Å². The molecule has 0 aromatic carbocycles. The third-order valence-electron chi connectivity index (χ3n) is 11.7. The maximum atomic E-state index is 11.8. The Morgan fingerprint density at radius 2 is 0.519 bits per heavy atom. The summed E-state index contributed by atoms with van der Waals surface area (Å²) in [6, 6.07) is -0.411. The molecule has 0 aromatic heterocycles. The van der Waals surface area contributed by atoms with E-state index >= 15 is 0 Å². The van der Waals surface area contributed by atoms with E-state index in [1.54, 1.807) is 0 Å². The van der Waals surface area contributed by atoms with Crippen LogP contribution in [0.15, 0.2) is 0 Å². The van der Waals surface area contributed by atoms with E-state index in [0.29, 0.717) is 6.42 Å². The van der Waals surface area contributed by atoms with Crippen LogP contribution in [0.5, 0.6) is 0 Å². The number of nitrogens with zero attached hydrogens (tertiary/aromatic N) is 1. The van der Waals surface area contributed by atoms with Gasteiger partial charge < -0.3 is 9.90 Å². The molecule has 0 rings (SSSR count). The molecule has 0 saturated carbocycles. The fraction of sp³-hybridized carbons (Fsp3) is 0.979. The third-order valence-corrected chi connectivity index (χ3v) is 11.7. The second-order valence-corrected chi connectivity index (χ2v) is 16.7. The summed E-state index contributed by atoms with van der Waals surface area (Å²) in [6.07, 6.45) is 56.4. The van der Waals surface area contributed by atoms with Crippen LogP contribution in [0.4, 0.5) is 0 Å². The molecule has 0 heterocycles. The van der Waals surface area contributed by atoms with E-state index in [2.05, 4.69) is 18.7 Å². The van der Waals surface area contributed by atoms with Crippen molar-refractivity contribution in [3.05, 3.63) is 0 Å². The summed E-state index contributed by atoms with van der Waals surface area (Å²) in [6.45, 7) is 8.44. The summed E-state index contributed by atoms with van der Waals surface area (Å²) < 4.78 is 0. The van der Waals surface area contributed by atoms with Crippen LogP contribution in [0.2, 0.25) is 0 Å². The van der Waals surface area contributed by atoms with Gasteiger partial charge in [0.25, 0.3) is 0 Å². The van der Waals surface area contributed by atoms with Gasteiger partial charge in [0.15, 0.2) is 0 Å². The maximum Gasteiger partial charge on any atom is 1.00 e. The van der Waals surface area contributed by atoms with E-state index in [1.165, 1.54) is 244 Å². The Kier molecular flexibility index (Phi) is 51.2. The first kappa shape index (κ1) is 55.2. The molecule has 0 radical (unpaired) electrons. The SMILES string of the molecule is CCCCCCCCCCCCCCCCCCCCCCN(CCCCCCCCCCCCCCCCCCCCCC)C(CC)C(=O)[O-].[K+]. The second-order valence-electron chi connectivity index (χ2n) is 16.7. The number of hydrogen-bond donors (Lipinski definition) is 0. The van der Waals surface area contributed by atoms with Gasteiger partial charge in [0, 0.05) is 6.04 Å². The summed E-state index contributed by atoms with van der Waals surface area (Å²) in [5, 5.41) is 11.8. The quantitative estimate of drug-likeness (QED) is 0.0459. The topological polar surface area (TPSA) is 43.4 Å². The van der Waals surface area contributed by atoms with Crippen molar-refractivity contribution >= 4 is 5.97 Å². The number of carbonyl (C=O) groups is 1. The van der Waals surface area contributed by atoms with E-state index in [4.69, 9.17) is 0 Å². The van der Waals surface area contributed by atoms with Gasteiger partial charge in [0.2, 0.25) is 0 Å². The summed E-state index contributed by atoms with van der Waals surface area (Å²) >= 11 is 0. The van der Waals surface area contributed by atoms with E-state index < -0.39 is 12.0 Å². The minimum absolute atomic E-state index is 0. The normalized spacial score (nSPS) is 12.1. The molecule has 0 spiro atoms. The van der Waals surface area contributed by atoms with Crippen molar-refractivity contribution in [3.63, 3.8) is 0 Å². The van der Waals surface area contributed by atoms with Crippen molar-refractivity contribution < 1.29 is 61.3 Å². The zero-order valence-electron chi connectivity index (χ0n) is 36.7. The van der Waals surface area contributed by atoms with E-state index in [9.17, 15) is 9.90 Å². The molecule has 0 N–H and O–H groups in total. The van der Waals surface area contributed by atoms with Gasteiger partial charge in [0.1, 0.15) is 0 Å². The molecule has 306 valence electrons. The number of aliphatic carboxylic acids is 1. The van der Waals surface area contributed by atoms with Crippen LogP contribution < -0.4 is 56.5 Å². The third kappa shape index (κ3) is 42.2. The summed E-state index contributed by atoms with van der Waals surface area (Å²) in [7, 11) is 0. The van der Waals surface area contributed by atoms with Crippen LogP contribution in [-0.4, -0.2) is 30.0 Å². The average molecular weight is 758 g/mol. The number of hydrogen-bond acceptors (Lipinski definition) is 3. The smallest absolute Gasteiger partial charge is 0.548 e. The van der Waals surface area contributed by atoms with Crippen molar-refractivity contribution in [1.29, 1.82) is 0 Å². The van der Waals surface area contributed by atoms with Gasteiger partial charge in [-0.3, -0.25) is 4.90 Å². The van der Waals surface area contributed by atoms with Crippen molar-refractivity contribution in [3.8, 4) is 0 Å². The molecule has 0 amide bonds. The fourth-order valence-electron chi connectivity index (χ4n) is 8.14. The molecule has 0 bridgehead atoms. The first-order chi connectivity index (χ1) is 25.2. The van der Waals surface area contributed by atoms with Crippen molar-refractivity contribution in [2.24, 2.45) is 0 Å². The largest absolute Gasteiger partial charge is 1.00 e. The van der Waals surface area contributed by atoms with Crippen LogP contribution in [0.3, 0.4) is 0 Å². The van der Waals surface area contributed by atoms with Crippen LogP contribution in [0.1, 0.15) is 284 Å². The summed E-state index contributed by atoms with van der Waals surface area (Å²) in [5.41, 5.74) is 0. The molecule has 0 aliphatic rings. The summed E-state index contributed by atoms with van der Waals surface area (Å²) in [4.78, 5) is 14.1. The predicted octanol–water partition coefficient (Wildman–Crippen LogP) is 12.5. The monoisotopic (exact) mass is 758 g/mol. The zero-order chi connectivity index (χ0) is 37.1. The van der Waals surface area contributed by atoms with E-state index in [1.807, 2.05) is 6.92 Å². The standard InChI is InChI=1S/C48H97NO2.K/c1-4-7-9-11-13-15-17-19-21-23-25-27-29-31-33-35-37-39-41-43-45-49(47(6-3)48(50)51)46-44-42-40-38-36-34-32-30-28-26-24-22-20-18-16-14-12-10-8-5-2;/h47H,4-46H2,1-3H3,(H,50,51);/q;+1/p-1. The molecule has 52 heavy (non-hydrogen) atoms. The second kappa shape index (κ2) is 48.2. The fourth-order valence-corrected chi connectivity index (χ4v) is 8.14. The zero-order valence-corrected chi connectivity index (χ0v) is 39.9. The Bertz CT molecular complexity index is 614. The first-order valence-electron chi connectivity index (χ1n) is 24.1. The number of carboxylic acids is 1. The molecule has 0 fully saturated rings. The van der Waals surface area contributed by atoms with Gasteiger partial charge in [-0.1, -0.05) is 265 Å². The molecule has 3 nitrogen and oxygen atoms in total. The Hall–Kier alpha value is 1.07. The minimum atomic E-state index is -0.876. The summed E-state index contributed by atoms with van der Waals surface area (Å²) in [5.74, 6) is -0.876. The van der Waals surface area contributed by atoms with Gasteiger partial charge in [0.05, 0.1) is 5.97 Å². The van der Waals surface area contributed by atoms with Crippen LogP contribution in [0, 0.1) is 0 Å². The van der Waals surface area contributed by atoms with Crippen LogP contribution in [-0.2, 0) is 4.79 Å². The molecule has 0 aliphatic heterocycles. The van der Waals surface area contributed by atoms with Gasteiger partial charge in [-0.15, -0.1) is 0 Å². The van der Waals surface area contributed by atoms with E-state index in [0.717, 1.165) is 25.9 Å². The van der Waals surface area contributed by atoms with Crippen molar-refractivity contribution in [2.45, 2.75) is 290 Å². The first-order valence-corrected chi connectivity index (χ1v) is 24.1. The molecule has 4 heteroatoms. The predicted molar refractivity (Wildman–Crippen MR) is 227 cm³/mol. The van der Waals surface area contributed by atoms with E-state index in [-0.39, 0.29) is 51.4 Å². The molecule has 0 aliphatic carbocycles. The van der Waals surface area contributed by atoms with Gasteiger partial charge >= 0.3 is 51.4 Å². The maximum absolute atomic E-state index is 11.8. The van der Waals surface area contributed by atoms with Gasteiger partial charge in [-0.25, -0.2) is 0 Å². The Morgan fingerprint density at radius 3 is 0.673 bits per heavy atom. The van der Waals surface area contributed by atoms with Crippen molar-refractivity contribution in [1.82, 2.24) is 4.90 Å². The molecule has 1 atom stereocenters. The van der Waals surface area contributed by atoms with Gasteiger partial charge in [-0.2, -0.15) is 0 Å². The number of carboxylic acid groups (broad SMARTS) is 1. The number of carbonyl (C=O) groups excluding carboxylic acids is 1. The van der Waals surface area contributed by atoms with Crippen LogP contribution in [0.25, 0.3) is 0 Å². The Morgan fingerprint density at radius 1 is 0.346 bits per heavy atom. The number of rotatable bonds is 45.